The molecule has 0 radical (unpaired) electrons. The van der Waals surface area contributed by atoms with Gasteiger partial charge < -0.3 is 15.5 Å². The van der Waals surface area contributed by atoms with E-state index in [0.29, 0.717) is 23.3 Å². The normalized spacial score (nSPS) is 15.8. The van der Waals surface area contributed by atoms with Crippen molar-refractivity contribution in [3.05, 3.63) is 76.9 Å². The van der Waals surface area contributed by atoms with Crippen molar-refractivity contribution in [2.24, 2.45) is 0 Å². The third-order valence-corrected chi connectivity index (χ3v) is 5.56. The third-order valence-electron chi connectivity index (χ3n) is 5.19. The van der Waals surface area contributed by atoms with Gasteiger partial charge in [0.2, 0.25) is 11.9 Å². The highest BCUT2D eigenvalue weighted by molar-refractivity contribution is 6.31. The van der Waals surface area contributed by atoms with E-state index in [4.69, 9.17) is 11.6 Å². The van der Waals surface area contributed by atoms with Gasteiger partial charge in [-0.1, -0.05) is 47.5 Å². The number of hydrogen-bond donors (Lipinski definition) is 2. The van der Waals surface area contributed by atoms with Gasteiger partial charge in [0.1, 0.15) is 11.9 Å². The monoisotopic (exact) mass is 421 g/mol. The summed E-state index contributed by atoms with van der Waals surface area (Å²) in [5.74, 6) is 1.22. The van der Waals surface area contributed by atoms with Crippen molar-refractivity contribution >= 4 is 35.0 Å². The van der Waals surface area contributed by atoms with Crippen LogP contribution in [0.4, 0.5) is 17.5 Å². The molecule has 1 aromatic heterocycles. The van der Waals surface area contributed by atoms with Gasteiger partial charge >= 0.3 is 0 Å². The number of anilines is 3. The van der Waals surface area contributed by atoms with E-state index >= 15 is 0 Å². The summed E-state index contributed by atoms with van der Waals surface area (Å²) in [5, 5.41) is 6.96. The van der Waals surface area contributed by atoms with E-state index in [1.165, 1.54) is 5.56 Å². The van der Waals surface area contributed by atoms with Crippen LogP contribution in [0.25, 0.3) is 0 Å². The van der Waals surface area contributed by atoms with Crippen LogP contribution >= 0.6 is 11.6 Å². The highest BCUT2D eigenvalue weighted by Gasteiger charge is 2.32. The Hall–Kier alpha value is -3.12. The van der Waals surface area contributed by atoms with Gasteiger partial charge in [0.05, 0.1) is 0 Å². The molecule has 0 saturated carbocycles. The van der Waals surface area contributed by atoms with Crippen LogP contribution in [0.1, 0.15) is 24.0 Å². The molecule has 0 spiro atoms. The van der Waals surface area contributed by atoms with Crippen LogP contribution in [-0.4, -0.2) is 28.5 Å². The SMILES string of the molecule is Cc1ccc(Nc2ccnc(N3CCCC3C(=O)NCc3ccccc3Cl)n2)cc1. The van der Waals surface area contributed by atoms with Crippen LogP contribution in [0.2, 0.25) is 5.02 Å². The lowest BCUT2D eigenvalue weighted by Gasteiger charge is -2.24. The standard InChI is InChI=1S/C23H24ClN5O/c1-16-8-10-18(11-9-16)27-21-12-13-25-23(28-21)29-14-4-7-20(29)22(30)26-15-17-5-2-3-6-19(17)24/h2-3,5-6,8-13,20H,4,7,14-15H2,1H3,(H,26,30)(H,25,27,28). The van der Waals surface area contributed by atoms with Crippen LogP contribution in [-0.2, 0) is 11.3 Å². The van der Waals surface area contributed by atoms with Crippen LogP contribution in [0.3, 0.4) is 0 Å². The fourth-order valence-electron chi connectivity index (χ4n) is 3.56. The molecule has 2 heterocycles. The average Bonchev–Trinajstić information content (AvgIpc) is 3.25. The second-order valence-electron chi connectivity index (χ2n) is 7.39. The lowest BCUT2D eigenvalue weighted by atomic mass is 10.2. The largest absolute Gasteiger partial charge is 0.350 e. The quantitative estimate of drug-likeness (QED) is 0.614. The van der Waals surface area contributed by atoms with Crippen molar-refractivity contribution in [2.75, 3.05) is 16.8 Å². The second-order valence-corrected chi connectivity index (χ2v) is 7.80. The Kier molecular flexibility index (Phi) is 6.14. The fraction of sp³-hybridized carbons (Fsp3) is 0.261. The number of rotatable bonds is 6. The number of aryl methyl sites for hydroxylation is 1. The number of amides is 1. The summed E-state index contributed by atoms with van der Waals surface area (Å²) in [6.07, 6.45) is 3.41. The minimum atomic E-state index is -0.290. The summed E-state index contributed by atoms with van der Waals surface area (Å²) in [5.41, 5.74) is 3.06. The van der Waals surface area contributed by atoms with Crippen LogP contribution < -0.4 is 15.5 Å². The number of carbonyl (C=O) groups is 1. The molecule has 4 rings (SSSR count). The minimum absolute atomic E-state index is 0.0343. The predicted molar refractivity (Wildman–Crippen MR) is 120 cm³/mol. The van der Waals surface area contributed by atoms with Crippen molar-refractivity contribution in [3.8, 4) is 0 Å². The summed E-state index contributed by atoms with van der Waals surface area (Å²) in [6, 6.07) is 17.2. The molecule has 154 valence electrons. The zero-order chi connectivity index (χ0) is 20.9. The molecule has 1 aliphatic heterocycles. The molecule has 2 aromatic carbocycles. The van der Waals surface area contributed by atoms with Gasteiger partial charge in [0.15, 0.2) is 0 Å². The molecular formula is C23H24ClN5O. The molecule has 6 nitrogen and oxygen atoms in total. The zero-order valence-electron chi connectivity index (χ0n) is 16.8. The molecule has 1 amide bonds. The second kappa shape index (κ2) is 9.13. The van der Waals surface area contributed by atoms with Gasteiger partial charge in [-0.3, -0.25) is 4.79 Å². The summed E-state index contributed by atoms with van der Waals surface area (Å²) in [7, 11) is 0. The van der Waals surface area contributed by atoms with Crippen LogP contribution in [0, 0.1) is 6.92 Å². The number of nitrogens with one attached hydrogen (secondary N) is 2. The Balaban J connectivity index is 1.44. The number of nitrogens with zero attached hydrogens (tertiary/aromatic N) is 3. The molecule has 2 N–H and O–H groups in total. The molecule has 30 heavy (non-hydrogen) atoms. The fourth-order valence-corrected chi connectivity index (χ4v) is 3.76. The molecule has 1 fully saturated rings. The van der Waals surface area contributed by atoms with Crippen LogP contribution in [0.5, 0.6) is 0 Å². The molecule has 1 saturated heterocycles. The lowest BCUT2D eigenvalue weighted by molar-refractivity contribution is -0.122. The van der Waals surface area contributed by atoms with Gasteiger partial charge in [0, 0.05) is 30.0 Å². The zero-order valence-corrected chi connectivity index (χ0v) is 17.6. The maximum Gasteiger partial charge on any atom is 0.243 e. The molecular weight excluding hydrogens is 398 g/mol. The van der Waals surface area contributed by atoms with Crippen molar-refractivity contribution in [3.63, 3.8) is 0 Å². The maximum absolute atomic E-state index is 12.9. The molecule has 3 aromatic rings. The number of aromatic nitrogens is 2. The van der Waals surface area contributed by atoms with E-state index in [0.717, 1.165) is 30.6 Å². The van der Waals surface area contributed by atoms with E-state index in [1.807, 2.05) is 59.5 Å². The van der Waals surface area contributed by atoms with E-state index < -0.39 is 0 Å². The Labute approximate surface area is 181 Å². The Morgan fingerprint density at radius 2 is 1.97 bits per heavy atom. The number of halogens is 1. The highest BCUT2D eigenvalue weighted by atomic mass is 35.5. The van der Waals surface area contributed by atoms with Gasteiger partial charge in [-0.25, -0.2) is 4.98 Å². The summed E-state index contributed by atoms with van der Waals surface area (Å²) in [6.45, 7) is 3.20. The van der Waals surface area contributed by atoms with Crippen molar-refractivity contribution in [2.45, 2.75) is 32.4 Å². The van der Waals surface area contributed by atoms with E-state index in [1.54, 1.807) is 6.20 Å². The number of carbonyl (C=O) groups excluding carboxylic acids is 1. The first kappa shape index (κ1) is 20.2. The van der Waals surface area contributed by atoms with Gasteiger partial charge in [-0.05, 0) is 49.6 Å². The Morgan fingerprint density at radius 1 is 1.17 bits per heavy atom. The Bertz CT molecular complexity index is 1020. The van der Waals surface area contributed by atoms with Gasteiger partial charge in [0.25, 0.3) is 0 Å². The van der Waals surface area contributed by atoms with E-state index in [-0.39, 0.29) is 11.9 Å². The minimum Gasteiger partial charge on any atom is -0.350 e. The third kappa shape index (κ3) is 4.71. The van der Waals surface area contributed by atoms with Crippen molar-refractivity contribution in [1.82, 2.24) is 15.3 Å². The van der Waals surface area contributed by atoms with Gasteiger partial charge in [-0.2, -0.15) is 4.98 Å². The first-order chi connectivity index (χ1) is 14.6. The molecule has 0 aliphatic carbocycles. The molecule has 1 atom stereocenters. The van der Waals surface area contributed by atoms with Gasteiger partial charge in [-0.15, -0.1) is 0 Å². The first-order valence-electron chi connectivity index (χ1n) is 10.0. The number of hydrogen-bond acceptors (Lipinski definition) is 5. The summed E-state index contributed by atoms with van der Waals surface area (Å²) >= 11 is 6.20. The van der Waals surface area contributed by atoms with E-state index in [9.17, 15) is 4.79 Å². The summed E-state index contributed by atoms with van der Waals surface area (Å²) in [4.78, 5) is 23.9. The molecule has 1 aliphatic rings. The smallest absolute Gasteiger partial charge is 0.243 e. The first-order valence-corrected chi connectivity index (χ1v) is 10.4. The highest BCUT2D eigenvalue weighted by Crippen LogP contribution is 2.25. The molecule has 1 unspecified atom stereocenters. The van der Waals surface area contributed by atoms with Crippen LogP contribution in [0.15, 0.2) is 60.8 Å². The topological polar surface area (TPSA) is 70.2 Å². The molecule has 0 bridgehead atoms. The average molecular weight is 422 g/mol. The van der Waals surface area contributed by atoms with Crippen molar-refractivity contribution in [1.29, 1.82) is 0 Å². The summed E-state index contributed by atoms with van der Waals surface area (Å²) < 4.78 is 0. The van der Waals surface area contributed by atoms with E-state index in [2.05, 4.69) is 27.5 Å². The van der Waals surface area contributed by atoms with Crippen molar-refractivity contribution < 1.29 is 4.79 Å². The maximum atomic E-state index is 12.9. The number of benzene rings is 2. The molecule has 7 heteroatoms. The Morgan fingerprint density at radius 3 is 2.77 bits per heavy atom. The predicted octanol–water partition coefficient (Wildman–Crippen LogP) is 4.47. The lowest BCUT2D eigenvalue weighted by Crippen LogP contribution is -2.43.